The lowest BCUT2D eigenvalue weighted by Gasteiger charge is -2.18. The van der Waals surface area contributed by atoms with Gasteiger partial charge in [0.15, 0.2) is 0 Å². The van der Waals surface area contributed by atoms with Crippen LogP contribution in [0.25, 0.3) is 0 Å². The standard InChI is InChI=1S/C15H21NO2S/c1-11-9-13(14(18)16-10-15(2,3)4)19-12(11)7-5-6-8-17/h9,17H,6,8,10H2,1-4H3,(H,16,18). The number of aliphatic hydroxyl groups is 1. The number of hydrogen-bond acceptors (Lipinski definition) is 3. The van der Waals surface area contributed by atoms with E-state index in [9.17, 15) is 4.79 Å². The van der Waals surface area contributed by atoms with Crippen molar-refractivity contribution >= 4 is 17.2 Å². The fourth-order valence-electron chi connectivity index (χ4n) is 1.35. The average Bonchev–Trinajstić information content (AvgIpc) is 2.67. The van der Waals surface area contributed by atoms with Gasteiger partial charge in [0.2, 0.25) is 0 Å². The van der Waals surface area contributed by atoms with E-state index in [0.717, 1.165) is 10.4 Å². The number of carbonyl (C=O) groups is 1. The number of aliphatic hydroxyl groups excluding tert-OH is 1. The average molecular weight is 279 g/mol. The Hall–Kier alpha value is -1.31. The molecule has 1 rings (SSSR count). The highest BCUT2D eigenvalue weighted by Crippen LogP contribution is 2.21. The van der Waals surface area contributed by atoms with Gasteiger partial charge in [-0.25, -0.2) is 0 Å². The molecule has 0 unspecified atom stereocenters. The SMILES string of the molecule is Cc1cc(C(=O)NCC(C)(C)C)sc1C#CCCO. The number of carbonyl (C=O) groups excluding carboxylic acids is 1. The molecule has 0 spiro atoms. The van der Waals surface area contributed by atoms with Crippen LogP contribution >= 0.6 is 11.3 Å². The number of thiophene rings is 1. The minimum absolute atomic E-state index is 0.0433. The highest BCUT2D eigenvalue weighted by Gasteiger charge is 2.15. The normalized spacial score (nSPS) is 10.8. The first kappa shape index (κ1) is 15.7. The van der Waals surface area contributed by atoms with Gasteiger partial charge in [-0.05, 0) is 24.0 Å². The van der Waals surface area contributed by atoms with E-state index < -0.39 is 0 Å². The first-order chi connectivity index (χ1) is 8.83. The highest BCUT2D eigenvalue weighted by molar-refractivity contribution is 7.14. The van der Waals surface area contributed by atoms with Crippen LogP contribution in [-0.4, -0.2) is 24.2 Å². The van der Waals surface area contributed by atoms with E-state index >= 15 is 0 Å². The topological polar surface area (TPSA) is 49.3 Å². The Balaban J connectivity index is 2.73. The van der Waals surface area contributed by atoms with E-state index in [1.54, 1.807) is 0 Å². The second kappa shape index (κ2) is 6.74. The fourth-order valence-corrected chi connectivity index (χ4v) is 2.31. The molecule has 0 aliphatic carbocycles. The zero-order valence-electron chi connectivity index (χ0n) is 12.0. The molecule has 0 atom stereocenters. The van der Waals surface area contributed by atoms with E-state index in [-0.39, 0.29) is 17.9 Å². The monoisotopic (exact) mass is 279 g/mol. The molecule has 0 aliphatic rings. The van der Waals surface area contributed by atoms with Crippen LogP contribution in [0.2, 0.25) is 0 Å². The van der Waals surface area contributed by atoms with Gasteiger partial charge >= 0.3 is 0 Å². The quantitative estimate of drug-likeness (QED) is 0.836. The Bertz CT molecular complexity index is 500. The molecule has 0 aromatic carbocycles. The van der Waals surface area contributed by atoms with Gasteiger partial charge in [0.25, 0.3) is 5.91 Å². The third kappa shape index (κ3) is 5.46. The maximum Gasteiger partial charge on any atom is 0.261 e. The Morgan fingerprint density at radius 1 is 1.47 bits per heavy atom. The van der Waals surface area contributed by atoms with Gasteiger partial charge in [-0.1, -0.05) is 32.6 Å². The lowest BCUT2D eigenvalue weighted by molar-refractivity contribution is 0.0943. The largest absolute Gasteiger partial charge is 0.395 e. The molecule has 2 N–H and O–H groups in total. The zero-order valence-corrected chi connectivity index (χ0v) is 12.8. The number of nitrogens with one attached hydrogen (secondary N) is 1. The molecular weight excluding hydrogens is 258 g/mol. The van der Waals surface area contributed by atoms with Gasteiger partial charge in [-0.3, -0.25) is 4.79 Å². The summed E-state index contributed by atoms with van der Waals surface area (Å²) in [5.41, 5.74) is 1.09. The smallest absolute Gasteiger partial charge is 0.261 e. The minimum atomic E-state index is -0.0433. The molecule has 0 aliphatic heterocycles. The van der Waals surface area contributed by atoms with Gasteiger partial charge in [-0.2, -0.15) is 0 Å². The Kier molecular flexibility index (Phi) is 5.59. The van der Waals surface area contributed by atoms with Crippen molar-refractivity contribution in [2.75, 3.05) is 13.2 Å². The first-order valence-electron chi connectivity index (χ1n) is 6.32. The van der Waals surface area contributed by atoms with E-state index in [1.807, 2.05) is 13.0 Å². The third-order valence-corrected chi connectivity index (χ3v) is 3.51. The van der Waals surface area contributed by atoms with Crippen molar-refractivity contribution in [1.29, 1.82) is 0 Å². The molecule has 0 bridgehead atoms. The number of amides is 1. The van der Waals surface area contributed by atoms with Crippen LogP contribution < -0.4 is 5.32 Å². The predicted octanol–water partition coefficient (Wildman–Crippen LogP) is 2.57. The molecule has 3 nitrogen and oxygen atoms in total. The summed E-state index contributed by atoms with van der Waals surface area (Å²) in [4.78, 5) is 13.6. The van der Waals surface area contributed by atoms with E-state index in [4.69, 9.17) is 5.11 Å². The van der Waals surface area contributed by atoms with Crippen LogP contribution in [0.15, 0.2) is 6.07 Å². The van der Waals surface area contributed by atoms with Crippen LogP contribution in [0.1, 0.15) is 47.3 Å². The molecule has 1 aromatic rings. The summed E-state index contributed by atoms with van der Waals surface area (Å²) in [6.07, 6.45) is 0.461. The van der Waals surface area contributed by atoms with Gasteiger partial charge in [0, 0.05) is 13.0 Å². The maximum atomic E-state index is 12.0. The molecule has 1 heterocycles. The summed E-state index contributed by atoms with van der Waals surface area (Å²) in [5, 5.41) is 11.6. The number of hydrogen-bond donors (Lipinski definition) is 2. The Labute approximate surface area is 119 Å². The first-order valence-corrected chi connectivity index (χ1v) is 7.13. The zero-order chi connectivity index (χ0) is 14.5. The summed E-state index contributed by atoms with van der Waals surface area (Å²) in [6.45, 7) is 8.90. The van der Waals surface area contributed by atoms with E-state index in [2.05, 4.69) is 37.9 Å². The van der Waals surface area contributed by atoms with E-state index in [0.29, 0.717) is 17.8 Å². The lowest BCUT2D eigenvalue weighted by atomic mass is 9.97. The third-order valence-electron chi connectivity index (χ3n) is 2.36. The maximum absolute atomic E-state index is 12.0. The van der Waals surface area contributed by atoms with Crippen molar-refractivity contribution in [3.05, 3.63) is 21.4 Å². The molecular formula is C15H21NO2S. The summed E-state index contributed by atoms with van der Waals surface area (Å²) in [6, 6.07) is 1.87. The van der Waals surface area contributed by atoms with Gasteiger partial charge in [-0.15, -0.1) is 11.3 Å². The van der Waals surface area contributed by atoms with Crippen molar-refractivity contribution in [2.45, 2.75) is 34.1 Å². The summed E-state index contributed by atoms with van der Waals surface area (Å²) in [5.74, 6) is 5.83. The molecule has 0 radical (unpaired) electrons. The Morgan fingerprint density at radius 3 is 2.74 bits per heavy atom. The Morgan fingerprint density at radius 2 is 2.16 bits per heavy atom. The summed E-state index contributed by atoms with van der Waals surface area (Å²) >= 11 is 1.40. The molecule has 1 aromatic heterocycles. The van der Waals surface area contributed by atoms with Crippen molar-refractivity contribution in [3.63, 3.8) is 0 Å². The van der Waals surface area contributed by atoms with Crippen LogP contribution in [0.4, 0.5) is 0 Å². The predicted molar refractivity (Wildman–Crippen MR) is 79.4 cm³/mol. The van der Waals surface area contributed by atoms with Crippen LogP contribution in [0.5, 0.6) is 0 Å². The molecule has 19 heavy (non-hydrogen) atoms. The van der Waals surface area contributed by atoms with Gasteiger partial charge < -0.3 is 10.4 Å². The molecule has 104 valence electrons. The number of aryl methyl sites for hydroxylation is 1. The second-order valence-electron chi connectivity index (χ2n) is 5.64. The van der Waals surface area contributed by atoms with Crippen LogP contribution in [-0.2, 0) is 0 Å². The number of rotatable bonds is 3. The lowest BCUT2D eigenvalue weighted by Crippen LogP contribution is -2.31. The van der Waals surface area contributed by atoms with E-state index in [1.165, 1.54) is 11.3 Å². The molecule has 0 saturated carbocycles. The summed E-state index contributed by atoms with van der Waals surface area (Å²) < 4.78 is 0. The fraction of sp³-hybridized carbons (Fsp3) is 0.533. The molecule has 0 fully saturated rings. The van der Waals surface area contributed by atoms with Crippen molar-refractivity contribution < 1.29 is 9.90 Å². The second-order valence-corrected chi connectivity index (χ2v) is 6.69. The molecule has 4 heteroatoms. The van der Waals surface area contributed by atoms with Crippen molar-refractivity contribution in [2.24, 2.45) is 5.41 Å². The molecule has 1 amide bonds. The summed E-state index contributed by atoms with van der Waals surface area (Å²) in [7, 11) is 0. The van der Waals surface area contributed by atoms with Crippen LogP contribution in [0.3, 0.4) is 0 Å². The van der Waals surface area contributed by atoms with Crippen LogP contribution in [0, 0.1) is 24.2 Å². The minimum Gasteiger partial charge on any atom is -0.395 e. The molecule has 0 saturated heterocycles. The van der Waals surface area contributed by atoms with Crippen molar-refractivity contribution in [3.8, 4) is 11.8 Å². The van der Waals surface area contributed by atoms with Gasteiger partial charge in [0.05, 0.1) is 16.4 Å². The van der Waals surface area contributed by atoms with Gasteiger partial charge in [0.1, 0.15) is 0 Å². The highest BCUT2D eigenvalue weighted by atomic mass is 32.1. The van der Waals surface area contributed by atoms with Crippen molar-refractivity contribution in [1.82, 2.24) is 5.32 Å².